The summed E-state index contributed by atoms with van der Waals surface area (Å²) in [6.45, 7) is 9.38. The zero-order valence-corrected chi connectivity index (χ0v) is 11.9. The predicted octanol–water partition coefficient (Wildman–Crippen LogP) is 3.82. The van der Waals surface area contributed by atoms with E-state index in [9.17, 15) is 9.59 Å². The number of hydrogen-bond donors (Lipinski definition) is 0. The molecular weight excluding hydrogens is 224 g/mol. The lowest BCUT2D eigenvalue weighted by Gasteiger charge is -2.29. The molecule has 2 nitrogen and oxygen atoms in total. The quantitative estimate of drug-likeness (QED) is 0.740. The van der Waals surface area contributed by atoms with Gasteiger partial charge in [0.15, 0.2) is 5.78 Å². The zero-order valence-electron chi connectivity index (χ0n) is 11.9. The monoisotopic (exact) mass is 246 g/mol. The molecule has 0 aliphatic heterocycles. The average Bonchev–Trinajstić information content (AvgIpc) is 2.36. The number of Topliss-reactive ketones (excluding diaryl/α,β-unsaturated/α-hetero) is 2. The van der Waals surface area contributed by atoms with Gasteiger partial charge in [0, 0.05) is 23.3 Å². The van der Waals surface area contributed by atoms with Crippen molar-refractivity contribution in [3.63, 3.8) is 0 Å². The van der Waals surface area contributed by atoms with Gasteiger partial charge in [-0.1, -0.05) is 57.5 Å². The first kappa shape index (κ1) is 14.6. The summed E-state index contributed by atoms with van der Waals surface area (Å²) in [5.74, 6) is -0.0754. The van der Waals surface area contributed by atoms with Crippen LogP contribution in [0.5, 0.6) is 0 Å². The predicted molar refractivity (Wildman–Crippen MR) is 73.8 cm³/mol. The second-order valence-corrected chi connectivity index (χ2v) is 5.46. The Hall–Kier alpha value is -1.44. The van der Waals surface area contributed by atoms with Gasteiger partial charge < -0.3 is 0 Å². The maximum Gasteiger partial charge on any atom is 0.169 e. The SMILES string of the molecule is CCC(=O)C(C)C(C)(C)C(=O)c1ccc(C)cc1. The van der Waals surface area contributed by atoms with Crippen molar-refractivity contribution in [1.82, 2.24) is 0 Å². The Morgan fingerprint density at radius 3 is 2.11 bits per heavy atom. The number of hydrogen-bond acceptors (Lipinski definition) is 2. The summed E-state index contributed by atoms with van der Waals surface area (Å²) in [7, 11) is 0. The van der Waals surface area contributed by atoms with Gasteiger partial charge >= 0.3 is 0 Å². The van der Waals surface area contributed by atoms with Crippen LogP contribution in [0.3, 0.4) is 0 Å². The molecule has 1 unspecified atom stereocenters. The van der Waals surface area contributed by atoms with Gasteiger partial charge in [-0.25, -0.2) is 0 Å². The van der Waals surface area contributed by atoms with Gasteiger partial charge in [0.25, 0.3) is 0 Å². The van der Waals surface area contributed by atoms with Crippen LogP contribution in [-0.2, 0) is 4.79 Å². The minimum Gasteiger partial charge on any atom is -0.299 e. The molecule has 0 fully saturated rings. The lowest BCUT2D eigenvalue weighted by atomic mass is 9.72. The van der Waals surface area contributed by atoms with E-state index < -0.39 is 5.41 Å². The summed E-state index contributed by atoms with van der Waals surface area (Å²) >= 11 is 0. The number of carbonyl (C=O) groups is 2. The van der Waals surface area contributed by atoms with Crippen LogP contribution in [-0.4, -0.2) is 11.6 Å². The van der Waals surface area contributed by atoms with E-state index in [4.69, 9.17) is 0 Å². The molecule has 0 N–H and O–H groups in total. The van der Waals surface area contributed by atoms with Crippen LogP contribution in [0.4, 0.5) is 0 Å². The largest absolute Gasteiger partial charge is 0.299 e. The standard InChI is InChI=1S/C16H22O2/c1-6-14(17)12(3)16(4,5)15(18)13-9-7-11(2)8-10-13/h7-10,12H,6H2,1-5H3. The van der Waals surface area contributed by atoms with E-state index in [2.05, 4.69) is 0 Å². The highest BCUT2D eigenvalue weighted by atomic mass is 16.1. The molecule has 1 aromatic carbocycles. The molecule has 0 amide bonds. The summed E-state index contributed by atoms with van der Waals surface area (Å²) in [6, 6.07) is 7.52. The normalized spacial score (nSPS) is 13.2. The van der Waals surface area contributed by atoms with Gasteiger partial charge in [0.1, 0.15) is 5.78 Å². The number of rotatable bonds is 5. The molecule has 98 valence electrons. The van der Waals surface area contributed by atoms with Crippen molar-refractivity contribution >= 4 is 11.6 Å². The van der Waals surface area contributed by atoms with Gasteiger partial charge in [-0.05, 0) is 6.92 Å². The maximum atomic E-state index is 12.5. The van der Waals surface area contributed by atoms with Gasteiger partial charge in [-0.15, -0.1) is 0 Å². The molecule has 18 heavy (non-hydrogen) atoms. The molecule has 0 saturated heterocycles. The molecule has 0 saturated carbocycles. The van der Waals surface area contributed by atoms with Crippen molar-refractivity contribution < 1.29 is 9.59 Å². The fourth-order valence-corrected chi connectivity index (χ4v) is 1.98. The molecule has 0 aliphatic carbocycles. The number of benzene rings is 1. The molecule has 0 spiro atoms. The smallest absolute Gasteiger partial charge is 0.169 e. The summed E-state index contributed by atoms with van der Waals surface area (Å²) in [5.41, 5.74) is 1.16. The number of carbonyl (C=O) groups excluding carboxylic acids is 2. The minimum absolute atomic E-state index is 0.0387. The fraction of sp³-hybridized carbons (Fsp3) is 0.500. The van der Waals surface area contributed by atoms with Crippen LogP contribution in [0, 0.1) is 18.3 Å². The Morgan fingerprint density at radius 1 is 1.17 bits per heavy atom. The van der Waals surface area contributed by atoms with Crippen molar-refractivity contribution in [3.05, 3.63) is 35.4 Å². The zero-order chi connectivity index (χ0) is 13.9. The van der Waals surface area contributed by atoms with Crippen molar-refractivity contribution in [2.45, 2.75) is 41.0 Å². The first-order valence-electron chi connectivity index (χ1n) is 6.44. The Kier molecular flexibility index (Phi) is 4.44. The third-order valence-electron chi connectivity index (χ3n) is 3.81. The van der Waals surface area contributed by atoms with Crippen LogP contribution >= 0.6 is 0 Å². The van der Waals surface area contributed by atoms with Gasteiger partial charge in [0.2, 0.25) is 0 Å². The summed E-state index contributed by atoms with van der Waals surface area (Å²) in [6.07, 6.45) is 0.478. The van der Waals surface area contributed by atoms with E-state index in [1.807, 2.05) is 58.9 Å². The van der Waals surface area contributed by atoms with Gasteiger partial charge in [0.05, 0.1) is 0 Å². The molecule has 0 aromatic heterocycles. The lowest BCUT2D eigenvalue weighted by Crippen LogP contribution is -2.36. The lowest BCUT2D eigenvalue weighted by molar-refractivity contribution is -0.124. The number of aryl methyl sites for hydroxylation is 1. The highest BCUT2D eigenvalue weighted by Gasteiger charge is 2.37. The fourth-order valence-electron chi connectivity index (χ4n) is 1.98. The topological polar surface area (TPSA) is 34.1 Å². The summed E-state index contributed by atoms with van der Waals surface area (Å²) in [4.78, 5) is 24.3. The second kappa shape index (κ2) is 5.47. The Bertz CT molecular complexity index is 441. The Balaban J connectivity index is 3.01. The summed E-state index contributed by atoms with van der Waals surface area (Å²) < 4.78 is 0. The molecule has 0 radical (unpaired) electrons. The van der Waals surface area contributed by atoms with E-state index in [-0.39, 0.29) is 17.5 Å². The average molecular weight is 246 g/mol. The molecule has 1 aromatic rings. The number of ketones is 2. The van der Waals surface area contributed by atoms with E-state index in [1.165, 1.54) is 0 Å². The molecule has 0 aliphatic rings. The van der Waals surface area contributed by atoms with E-state index in [1.54, 1.807) is 0 Å². The van der Waals surface area contributed by atoms with Crippen molar-refractivity contribution in [2.24, 2.45) is 11.3 Å². The third kappa shape index (κ3) is 2.87. The minimum atomic E-state index is -0.650. The van der Waals surface area contributed by atoms with E-state index in [0.29, 0.717) is 12.0 Å². The highest BCUT2D eigenvalue weighted by molar-refractivity contribution is 6.03. The molecule has 0 heterocycles. The molecule has 0 bridgehead atoms. The van der Waals surface area contributed by atoms with Crippen LogP contribution in [0.15, 0.2) is 24.3 Å². The van der Waals surface area contributed by atoms with Gasteiger partial charge in [-0.3, -0.25) is 9.59 Å². The Morgan fingerprint density at radius 2 is 1.67 bits per heavy atom. The molecule has 1 rings (SSSR count). The van der Waals surface area contributed by atoms with E-state index in [0.717, 1.165) is 5.56 Å². The van der Waals surface area contributed by atoms with Crippen molar-refractivity contribution in [3.8, 4) is 0 Å². The third-order valence-corrected chi connectivity index (χ3v) is 3.81. The summed E-state index contributed by atoms with van der Waals surface area (Å²) in [5, 5.41) is 0. The molecular formula is C16H22O2. The van der Waals surface area contributed by atoms with Crippen LogP contribution in [0.25, 0.3) is 0 Å². The first-order valence-corrected chi connectivity index (χ1v) is 6.44. The second-order valence-electron chi connectivity index (χ2n) is 5.46. The van der Waals surface area contributed by atoms with Gasteiger partial charge in [-0.2, -0.15) is 0 Å². The highest BCUT2D eigenvalue weighted by Crippen LogP contribution is 2.32. The van der Waals surface area contributed by atoms with E-state index >= 15 is 0 Å². The van der Waals surface area contributed by atoms with Crippen molar-refractivity contribution in [1.29, 1.82) is 0 Å². The van der Waals surface area contributed by atoms with Crippen LogP contribution < -0.4 is 0 Å². The molecule has 2 heteroatoms. The van der Waals surface area contributed by atoms with Crippen molar-refractivity contribution in [2.75, 3.05) is 0 Å². The van der Waals surface area contributed by atoms with Crippen LogP contribution in [0.1, 0.15) is 50.0 Å². The first-order chi connectivity index (χ1) is 8.30. The Labute approximate surface area is 109 Å². The maximum absolute atomic E-state index is 12.5. The van der Waals surface area contributed by atoms with Crippen LogP contribution in [0.2, 0.25) is 0 Å². The molecule has 1 atom stereocenters.